The van der Waals surface area contributed by atoms with Gasteiger partial charge in [-0.15, -0.1) is 10.2 Å². The van der Waals surface area contributed by atoms with Gasteiger partial charge in [0.1, 0.15) is 0 Å². The van der Waals surface area contributed by atoms with Crippen molar-refractivity contribution >= 4 is 23.2 Å². The lowest BCUT2D eigenvalue weighted by Gasteiger charge is -2.36. The Morgan fingerprint density at radius 3 is 2.72 bits per heavy atom. The van der Waals surface area contributed by atoms with Crippen LogP contribution < -0.4 is 19.7 Å². The molecule has 2 aromatic carbocycles. The summed E-state index contributed by atoms with van der Waals surface area (Å²) in [6.07, 6.45) is 0. The third-order valence-electron chi connectivity index (χ3n) is 5.50. The molecule has 1 fully saturated rings. The number of fused-ring (bicyclic) bond motifs is 1. The Labute approximate surface area is 189 Å². The van der Waals surface area contributed by atoms with E-state index in [1.165, 1.54) is 0 Å². The first-order valence-corrected chi connectivity index (χ1v) is 10.8. The first-order valence-electron chi connectivity index (χ1n) is 10.4. The van der Waals surface area contributed by atoms with Crippen LogP contribution in [0, 0.1) is 0 Å². The number of carbonyl (C=O) groups is 1. The van der Waals surface area contributed by atoms with Crippen LogP contribution in [0.25, 0.3) is 11.5 Å². The number of ether oxygens (including phenoxy) is 2. The molecule has 3 heterocycles. The summed E-state index contributed by atoms with van der Waals surface area (Å²) in [5.41, 5.74) is 1.80. The molecule has 32 heavy (non-hydrogen) atoms. The van der Waals surface area contributed by atoms with Crippen LogP contribution in [-0.4, -0.2) is 67.1 Å². The van der Waals surface area contributed by atoms with Gasteiger partial charge in [0.2, 0.25) is 12.7 Å². The summed E-state index contributed by atoms with van der Waals surface area (Å²) in [6.45, 7) is 5.09. The predicted octanol–water partition coefficient (Wildman–Crippen LogP) is 2.67. The molecule has 9 nitrogen and oxygen atoms in total. The molecule has 1 saturated heterocycles. The third-order valence-corrected chi connectivity index (χ3v) is 5.73. The zero-order valence-corrected chi connectivity index (χ0v) is 18.0. The van der Waals surface area contributed by atoms with Gasteiger partial charge in [-0.05, 0) is 36.4 Å². The van der Waals surface area contributed by atoms with E-state index < -0.39 is 0 Å². The molecule has 166 valence electrons. The average molecular weight is 456 g/mol. The summed E-state index contributed by atoms with van der Waals surface area (Å²) >= 11 is 6.09. The fourth-order valence-corrected chi connectivity index (χ4v) is 3.95. The summed E-state index contributed by atoms with van der Waals surface area (Å²) in [5.74, 6) is 1.08. The fourth-order valence-electron chi connectivity index (χ4n) is 3.77. The Kier molecular flexibility index (Phi) is 5.83. The quantitative estimate of drug-likeness (QED) is 0.606. The van der Waals surface area contributed by atoms with Gasteiger partial charge in [-0.25, -0.2) is 0 Å². The minimum Gasteiger partial charge on any atom is -0.454 e. The molecule has 1 N–H and O–H groups in total. The molecule has 2 aliphatic heterocycles. The van der Waals surface area contributed by atoms with Crippen molar-refractivity contribution in [3.8, 4) is 23.0 Å². The Hall–Kier alpha value is -3.30. The van der Waals surface area contributed by atoms with Crippen molar-refractivity contribution in [2.75, 3.05) is 51.0 Å². The zero-order chi connectivity index (χ0) is 21.9. The Morgan fingerprint density at radius 1 is 1.03 bits per heavy atom. The molecule has 0 radical (unpaired) electrons. The maximum Gasteiger partial charge on any atom is 0.308 e. The number of amides is 1. The molecule has 0 aliphatic carbocycles. The van der Waals surface area contributed by atoms with E-state index in [9.17, 15) is 4.79 Å². The first kappa shape index (κ1) is 20.6. The van der Waals surface area contributed by atoms with Crippen molar-refractivity contribution in [2.45, 2.75) is 0 Å². The van der Waals surface area contributed by atoms with Crippen LogP contribution >= 0.6 is 11.6 Å². The van der Waals surface area contributed by atoms with E-state index in [0.717, 1.165) is 43.4 Å². The van der Waals surface area contributed by atoms with Crippen LogP contribution in [-0.2, 0) is 0 Å². The second kappa shape index (κ2) is 9.05. The SMILES string of the molecule is O=C(NCCN1CCN(c2cccc(Cl)c2)CC1)c1nnc(-c2ccc3c(c2)OCO3)o1. The van der Waals surface area contributed by atoms with Crippen molar-refractivity contribution in [2.24, 2.45) is 0 Å². The van der Waals surface area contributed by atoms with Gasteiger partial charge in [0.05, 0.1) is 0 Å². The predicted molar refractivity (Wildman–Crippen MR) is 118 cm³/mol. The summed E-state index contributed by atoms with van der Waals surface area (Å²) in [5, 5.41) is 11.4. The molecule has 5 rings (SSSR count). The molecule has 0 bridgehead atoms. The molecule has 1 aromatic heterocycles. The highest BCUT2D eigenvalue weighted by Gasteiger charge is 2.20. The van der Waals surface area contributed by atoms with Crippen molar-refractivity contribution in [3.63, 3.8) is 0 Å². The minimum atomic E-state index is -0.387. The summed E-state index contributed by atoms with van der Waals surface area (Å²) in [7, 11) is 0. The van der Waals surface area contributed by atoms with Crippen LogP contribution in [0.4, 0.5) is 5.69 Å². The number of aromatic nitrogens is 2. The van der Waals surface area contributed by atoms with Gasteiger partial charge in [0.25, 0.3) is 0 Å². The zero-order valence-electron chi connectivity index (χ0n) is 17.3. The van der Waals surface area contributed by atoms with Gasteiger partial charge in [-0.3, -0.25) is 9.69 Å². The molecular formula is C22H22ClN5O4. The van der Waals surface area contributed by atoms with Gasteiger partial charge >= 0.3 is 11.8 Å². The van der Waals surface area contributed by atoms with E-state index in [1.54, 1.807) is 18.2 Å². The van der Waals surface area contributed by atoms with Gasteiger partial charge < -0.3 is 24.1 Å². The number of hydrogen-bond acceptors (Lipinski definition) is 8. The average Bonchev–Trinajstić information content (AvgIpc) is 3.49. The van der Waals surface area contributed by atoms with Crippen LogP contribution in [0.3, 0.4) is 0 Å². The van der Waals surface area contributed by atoms with E-state index >= 15 is 0 Å². The number of rotatable bonds is 6. The molecule has 0 atom stereocenters. The first-order chi connectivity index (χ1) is 15.7. The van der Waals surface area contributed by atoms with Gasteiger partial charge in [-0.2, -0.15) is 0 Å². The number of benzene rings is 2. The monoisotopic (exact) mass is 455 g/mol. The lowest BCUT2D eigenvalue weighted by molar-refractivity contribution is 0.0913. The number of hydrogen-bond donors (Lipinski definition) is 1. The van der Waals surface area contributed by atoms with Crippen LogP contribution in [0.5, 0.6) is 11.5 Å². The van der Waals surface area contributed by atoms with Gasteiger partial charge in [-0.1, -0.05) is 17.7 Å². The van der Waals surface area contributed by atoms with E-state index in [0.29, 0.717) is 23.6 Å². The normalized spacial score (nSPS) is 15.7. The largest absolute Gasteiger partial charge is 0.454 e. The highest BCUT2D eigenvalue weighted by molar-refractivity contribution is 6.30. The van der Waals surface area contributed by atoms with Crippen LogP contribution in [0.1, 0.15) is 10.7 Å². The van der Waals surface area contributed by atoms with Crippen LogP contribution in [0.2, 0.25) is 5.02 Å². The molecule has 0 spiro atoms. The molecule has 1 amide bonds. The second-order valence-electron chi connectivity index (χ2n) is 7.54. The second-order valence-corrected chi connectivity index (χ2v) is 7.98. The topological polar surface area (TPSA) is 93.0 Å². The highest BCUT2D eigenvalue weighted by atomic mass is 35.5. The van der Waals surface area contributed by atoms with Gasteiger partial charge in [0.15, 0.2) is 11.5 Å². The molecule has 3 aromatic rings. The number of nitrogens with zero attached hydrogens (tertiary/aromatic N) is 4. The molecule has 2 aliphatic rings. The highest BCUT2D eigenvalue weighted by Crippen LogP contribution is 2.35. The summed E-state index contributed by atoms with van der Waals surface area (Å²) in [6, 6.07) is 13.2. The smallest absolute Gasteiger partial charge is 0.308 e. The van der Waals surface area contributed by atoms with Crippen molar-refractivity contribution < 1.29 is 18.7 Å². The lowest BCUT2D eigenvalue weighted by Crippen LogP contribution is -2.48. The van der Waals surface area contributed by atoms with E-state index in [2.05, 4.69) is 31.4 Å². The number of carbonyl (C=O) groups excluding carboxylic acids is 1. The fraction of sp³-hybridized carbons (Fsp3) is 0.318. The van der Waals surface area contributed by atoms with Gasteiger partial charge in [0, 0.05) is 55.5 Å². The maximum atomic E-state index is 12.4. The number of piperazine rings is 1. The Bertz CT molecular complexity index is 1110. The Balaban J connectivity index is 1.09. The lowest BCUT2D eigenvalue weighted by atomic mass is 10.2. The summed E-state index contributed by atoms with van der Waals surface area (Å²) in [4.78, 5) is 17.0. The van der Waals surface area contributed by atoms with E-state index in [-0.39, 0.29) is 24.5 Å². The number of anilines is 1. The van der Waals surface area contributed by atoms with Crippen LogP contribution in [0.15, 0.2) is 46.9 Å². The van der Waals surface area contributed by atoms with E-state index in [1.807, 2.05) is 18.2 Å². The molecule has 0 unspecified atom stereocenters. The van der Waals surface area contributed by atoms with Crippen molar-refractivity contribution in [3.05, 3.63) is 53.4 Å². The standard InChI is InChI=1S/C22H22ClN5O4/c23-16-2-1-3-17(13-16)28-10-8-27(9-11-28)7-6-24-20(29)22-26-25-21(32-22)15-4-5-18-19(12-15)31-14-30-18/h1-5,12-13H,6-11,14H2,(H,24,29). The third kappa shape index (κ3) is 4.49. The number of nitrogens with one attached hydrogen (secondary N) is 1. The number of halogens is 1. The Morgan fingerprint density at radius 2 is 1.88 bits per heavy atom. The van der Waals surface area contributed by atoms with E-state index in [4.69, 9.17) is 25.5 Å². The molecule has 10 heteroatoms. The van der Waals surface area contributed by atoms with Crippen molar-refractivity contribution in [1.82, 2.24) is 20.4 Å². The maximum absolute atomic E-state index is 12.4. The molecular weight excluding hydrogens is 434 g/mol. The van der Waals surface area contributed by atoms with Crippen molar-refractivity contribution in [1.29, 1.82) is 0 Å². The molecule has 0 saturated carbocycles. The summed E-state index contributed by atoms with van der Waals surface area (Å²) < 4.78 is 16.2. The minimum absolute atomic E-state index is 0.0663.